The Morgan fingerprint density at radius 3 is 2.40 bits per heavy atom. The lowest BCUT2D eigenvalue weighted by Crippen LogP contribution is -2.51. The minimum absolute atomic E-state index is 0.210. The van der Waals surface area contributed by atoms with Crippen LogP contribution in [0.3, 0.4) is 0 Å². The van der Waals surface area contributed by atoms with Gasteiger partial charge in [0.25, 0.3) is 0 Å². The fraction of sp³-hybridized carbons (Fsp3) is 0.875. The van der Waals surface area contributed by atoms with Crippen molar-refractivity contribution in [3.05, 3.63) is 0 Å². The van der Waals surface area contributed by atoms with Gasteiger partial charge in [0.2, 0.25) is 5.91 Å². The predicted molar refractivity (Wildman–Crippen MR) is 77.3 cm³/mol. The van der Waals surface area contributed by atoms with E-state index in [2.05, 4.69) is 13.8 Å². The van der Waals surface area contributed by atoms with Crippen LogP contribution in [0.25, 0.3) is 0 Å². The molecule has 4 heteroatoms. The van der Waals surface area contributed by atoms with Crippen molar-refractivity contribution < 1.29 is 14.7 Å². The number of amides is 1. The third-order valence-electron chi connectivity index (χ3n) is 5.24. The van der Waals surface area contributed by atoms with Gasteiger partial charge in [0.1, 0.15) is 0 Å². The number of nitrogens with zero attached hydrogens (tertiary/aromatic N) is 1. The second-order valence-corrected chi connectivity index (χ2v) is 6.78. The highest BCUT2D eigenvalue weighted by atomic mass is 16.4. The summed E-state index contributed by atoms with van der Waals surface area (Å²) in [5, 5.41) is 9.25. The first-order valence-electron chi connectivity index (χ1n) is 8.00. The van der Waals surface area contributed by atoms with Gasteiger partial charge in [-0.05, 0) is 31.6 Å². The molecule has 0 bridgehead atoms. The molecule has 0 aromatic heterocycles. The summed E-state index contributed by atoms with van der Waals surface area (Å²) >= 11 is 0. The van der Waals surface area contributed by atoms with E-state index >= 15 is 0 Å². The van der Waals surface area contributed by atoms with E-state index in [4.69, 9.17) is 0 Å². The van der Waals surface area contributed by atoms with Crippen molar-refractivity contribution in [2.75, 3.05) is 13.1 Å². The Morgan fingerprint density at radius 2 is 1.85 bits per heavy atom. The minimum atomic E-state index is -0.761. The van der Waals surface area contributed by atoms with Crippen LogP contribution in [0, 0.1) is 17.3 Å². The summed E-state index contributed by atoms with van der Waals surface area (Å²) in [5.74, 6) is -0.646. The smallest absolute Gasteiger partial charge is 0.308 e. The molecule has 2 unspecified atom stereocenters. The van der Waals surface area contributed by atoms with Crippen LogP contribution in [0.4, 0.5) is 0 Å². The van der Waals surface area contributed by atoms with Crippen LogP contribution >= 0.6 is 0 Å². The molecule has 114 valence electrons. The predicted octanol–water partition coefficient (Wildman–Crippen LogP) is 2.92. The van der Waals surface area contributed by atoms with Crippen LogP contribution in [0.2, 0.25) is 0 Å². The van der Waals surface area contributed by atoms with Gasteiger partial charge in [-0.3, -0.25) is 9.59 Å². The first-order valence-corrected chi connectivity index (χ1v) is 8.00. The summed E-state index contributed by atoms with van der Waals surface area (Å²) in [6.45, 7) is 5.28. The van der Waals surface area contributed by atoms with E-state index in [0.717, 1.165) is 38.6 Å². The molecule has 20 heavy (non-hydrogen) atoms. The monoisotopic (exact) mass is 281 g/mol. The number of rotatable bonds is 3. The van der Waals surface area contributed by atoms with Crippen molar-refractivity contribution >= 4 is 11.9 Å². The summed E-state index contributed by atoms with van der Waals surface area (Å²) in [6.07, 6.45) is 7.02. The topological polar surface area (TPSA) is 57.6 Å². The quantitative estimate of drug-likeness (QED) is 0.865. The van der Waals surface area contributed by atoms with Crippen molar-refractivity contribution in [3.63, 3.8) is 0 Å². The SMILES string of the molecule is CCC1(C(=O)N2CC(C)CC(C(=O)O)C2)CCCCC1. The van der Waals surface area contributed by atoms with E-state index in [1.54, 1.807) is 0 Å². The van der Waals surface area contributed by atoms with Crippen molar-refractivity contribution in [1.29, 1.82) is 0 Å². The van der Waals surface area contributed by atoms with E-state index in [0.29, 0.717) is 13.0 Å². The second-order valence-electron chi connectivity index (χ2n) is 6.78. The van der Waals surface area contributed by atoms with Gasteiger partial charge >= 0.3 is 5.97 Å². The molecular weight excluding hydrogens is 254 g/mol. The summed E-state index contributed by atoms with van der Waals surface area (Å²) in [7, 11) is 0. The highest BCUT2D eigenvalue weighted by molar-refractivity contribution is 5.83. The van der Waals surface area contributed by atoms with E-state index in [-0.39, 0.29) is 23.2 Å². The highest BCUT2D eigenvalue weighted by Crippen LogP contribution is 2.41. The molecule has 1 heterocycles. The lowest BCUT2D eigenvalue weighted by atomic mass is 9.70. The highest BCUT2D eigenvalue weighted by Gasteiger charge is 2.43. The lowest BCUT2D eigenvalue weighted by Gasteiger charge is -2.43. The average molecular weight is 281 g/mol. The number of hydrogen-bond donors (Lipinski definition) is 1. The Morgan fingerprint density at radius 1 is 1.20 bits per heavy atom. The molecule has 1 aliphatic heterocycles. The molecule has 0 radical (unpaired) electrons. The van der Waals surface area contributed by atoms with Crippen molar-refractivity contribution in [2.45, 2.75) is 58.8 Å². The number of piperidine rings is 1. The molecule has 0 aromatic carbocycles. The maximum Gasteiger partial charge on any atom is 0.308 e. The number of carboxylic acids is 1. The first-order chi connectivity index (χ1) is 9.48. The number of carbonyl (C=O) groups is 2. The van der Waals surface area contributed by atoms with Crippen LogP contribution in [0.15, 0.2) is 0 Å². The molecule has 1 N–H and O–H groups in total. The average Bonchev–Trinajstić information content (AvgIpc) is 2.46. The molecule has 2 aliphatic rings. The molecule has 2 atom stereocenters. The van der Waals surface area contributed by atoms with Crippen LogP contribution in [-0.2, 0) is 9.59 Å². The van der Waals surface area contributed by atoms with E-state index in [9.17, 15) is 14.7 Å². The van der Waals surface area contributed by atoms with E-state index in [1.165, 1.54) is 6.42 Å². The summed E-state index contributed by atoms with van der Waals surface area (Å²) in [6, 6.07) is 0. The van der Waals surface area contributed by atoms with Gasteiger partial charge in [-0.2, -0.15) is 0 Å². The van der Waals surface area contributed by atoms with Crippen LogP contribution in [0.1, 0.15) is 58.8 Å². The standard InChI is InChI=1S/C16H27NO3/c1-3-16(7-5-4-6-8-16)15(20)17-10-12(2)9-13(11-17)14(18)19/h12-13H,3-11H2,1-2H3,(H,18,19). The zero-order chi connectivity index (χ0) is 14.8. The van der Waals surface area contributed by atoms with Crippen molar-refractivity contribution in [3.8, 4) is 0 Å². The fourth-order valence-corrected chi connectivity index (χ4v) is 3.98. The molecule has 1 saturated heterocycles. The Bertz CT molecular complexity index is 374. The maximum atomic E-state index is 13.0. The number of aliphatic carboxylic acids is 1. The largest absolute Gasteiger partial charge is 0.481 e. The van der Waals surface area contributed by atoms with Gasteiger partial charge in [-0.1, -0.05) is 33.1 Å². The van der Waals surface area contributed by atoms with Gasteiger partial charge in [0, 0.05) is 18.5 Å². The minimum Gasteiger partial charge on any atom is -0.481 e. The molecule has 0 spiro atoms. The van der Waals surface area contributed by atoms with Crippen molar-refractivity contribution in [2.24, 2.45) is 17.3 Å². The number of likely N-dealkylation sites (tertiary alicyclic amines) is 1. The van der Waals surface area contributed by atoms with Crippen LogP contribution in [-0.4, -0.2) is 35.0 Å². The molecule has 4 nitrogen and oxygen atoms in total. The summed E-state index contributed by atoms with van der Waals surface area (Å²) in [4.78, 5) is 26.1. The molecule has 2 fully saturated rings. The Labute approximate surface area is 121 Å². The van der Waals surface area contributed by atoms with E-state index < -0.39 is 5.97 Å². The van der Waals surface area contributed by atoms with E-state index in [1.807, 2.05) is 4.90 Å². The molecular formula is C16H27NO3. The molecule has 2 rings (SSSR count). The Hall–Kier alpha value is -1.06. The van der Waals surface area contributed by atoms with Gasteiger partial charge in [0.05, 0.1) is 5.92 Å². The van der Waals surface area contributed by atoms with Crippen molar-refractivity contribution in [1.82, 2.24) is 4.90 Å². The number of carboxylic acid groups (broad SMARTS) is 1. The van der Waals surface area contributed by atoms with Crippen LogP contribution in [0.5, 0.6) is 0 Å². The molecule has 1 aliphatic carbocycles. The lowest BCUT2D eigenvalue weighted by molar-refractivity contribution is -0.152. The fourth-order valence-electron chi connectivity index (χ4n) is 3.98. The van der Waals surface area contributed by atoms with Gasteiger partial charge in [-0.25, -0.2) is 0 Å². The zero-order valence-corrected chi connectivity index (χ0v) is 12.7. The molecule has 1 saturated carbocycles. The third-order valence-corrected chi connectivity index (χ3v) is 5.24. The molecule has 1 amide bonds. The zero-order valence-electron chi connectivity index (χ0n) is 12.7. The number of carbonyl (C=O) groups excluding carboxylic acids is 1. The number of hydrogen-bond acceptors (Lipinski definition) is 2. The Kier molecular flexibility index (Phi) is 4.71. The maximum absolute atomic E-state index is 13.0. The third kappa shape index (κ3) is 2.99. The van der Waals surface area contributed by atoms with Gasteiger partial charge in [-0.15, -0.1) is 0 Å². The second kappa shape index (κ2) is 6.15. The van der Waals surface area contributed by atoms with Gasteiger partial charge in [0.15, 0.2) is 0 Å². The first kappa shape index (κ1) is 15.3. The summed E-state index contributed by atoms with van der Waals surface area (Å²) < 4.78 is 0. The van der Waals surface area contributed by atoms with Crippen LogP contribution < -0.4 is 0 Å². The Balaban J connectivity index is 2.12. The normalized spacial score (nSPS) is 30.0. The van der Waals surface area contributed by atoms with Gasteiger partial charge < -0.3 is 10.0 Å². The summed E-state index contributed by atoms with van der Waals surface area (Å²) in [5.41, 5.74) is -0.210. The molecule has 0 aromatic rings.